The van der Waals surface area contributed by atoms with Crippen LogP contribution < -0.4 is 10.5 Å². The van der Waals surface area contributed by atoms with Gasteiger partial charge in [0.15, 0.2) is 0 Å². The zero-order chi connectivity index (χ0) is 14.5. The molecule has 2 rings (SSSR count). The van der Waals surface area contributed by atoms with Gasteiger partial charge in [-0.2, -0.15) is 0 Å². The number of amides is 1. The third-order valence-corrected chi connectivity index (χ3v) is 2.99. The second kappa shape index (κ2) is 6.06. The van der Waals surface area contributed by atoms with Gasteiger partial charge in [-0.1, -0.05) is 12.1 Å². The Bertz CT molecular complexity index is 596. The molecule has 20 heavy (non-hydrogen) atoms. The smallest absolute Gasteiger partial charge is 0.257 e. The highest BCUT2D eigenvalue weighted by atomic mass is 16.5. The average molecular weight is 271 g/mol. The minimum Gasteiger partial charge on any atom is -0.497 e. The maximum atomic E-state index is 12.3. The van der Waals surface area contributed by atoms with Gasteiger partial charge in [0, 0.05) is 19.8 Å². The number of aromatic nitrogens is 1. The highest BCUT2D eigenvalue weighted by molar-refractivity contribution is 5.98. The fraction of sp³-hybridized carbons (Fsp3) is 0.200. The Labute approximate surface area is 118 Å². The first-order chi connectivity index (χ1) is 9.61. The van der Waals surface area contributed by atoms with E-state index in [-0.39, 0.29) is 11.7 Å². The molecule has 0 saturated carbocycles. The number of hydrogen-bond donors (Lipinski definition) is 1. The van der Waals surface area contributed by atoms with E-state index in [4.69, 9.17) is 10.5 Å². The van der Waals surface area contributed by atoms with Crippen LogP contribution in [0, 0.1) is 0 Å². The second-order valence-electron chi connectivity index (χ2n) is 4.45. The topological polar surface area (TPSA) is 68.5 Å². The van der Waals surface area contributed by atoms with Gasteiger partial charge in [-0.3, -0.25) is 4.79 Å². The number of carbonyl (C=O) groups is 1. The standard InChI is InChI=1S/C15H17N3O2/c1-18(10-11-5-7-12(20-2)8-6-11)15(19)13-4-3-9-17-14(13)16/h3-9H,10H2,1-2H3,(H2,16,17). The predicted molar refractivity (Wildman–Crippen MR) is 77.4 cm³/mol. The second-order valence-corrected chi connectivity index (χ2v) is 4.45. The molecule has 1 amide bonds. The molecule has 1 aromatic carbocycles. The summed E-state index contributed by atoms with van der Waals surface area (Å²) >= 11 is 0. The molecule has 1 heterocycles. The molecule has 0 atom stereocenters. The molecule has 0 saturated heterocycles. The zero-order valence-corrected chi connectivity index (χ0v) is 11.5. The van der Waals surface area contributed by atoms with Gasteiger partial charge in [0.2, 0.25) is 0 Å². The van der Waals surface area contributed by atoms with Gasteiger partial charge in [0.05, 0.1) is 12.7 Å². The number of ether oxygens (including phenoxy) is 1. The van der Waals surface area contributed by atoms with E-state index in [1.807, 2.05) is 24.3 Å². The molecule has 0 bridgehead atoms. The molecular weight excluding hydrogens is 254 g/mol. The van der Waals surface area contributed by atoms with E-state index in [0.29, 0.717) is 12.1 Å². The molecule has 0 radical (unpaired) electrons. The van der Waals surface area contributed by atoms with Crippen LogP contribution in [0.25, 0.3) is 0 Å². The van der Waals surface area contributed by atoms with Crippen LogP contribution in [0.2, 0.25) is 0 Å². The lowest BCUT2D eigenvalue weighted by Gasteiger charge is -2.18. The monoisotopic (exact) mass is 271 g/mol. The molecule has 2 N–H and O–H groups in total. The lowest BCUT2D eigenvalue weighted by molar-refractivity contribution is 0.0786. The van der Waals surface area contributed by atoms with Crippen LogP contribution in [0.4, 0.5) is 5.82 Å². The van der Waals surface area contributed by atoms with Crippen molar-refractivity contribution >= 4 is 11.7 Å². The van der Waals surface area contributed by atoms with Crippen molar-refractivity contribution in [3.05, 3.63) is 53.7 Å². The van der Waals surface area contributed by atoms with Crippen molar-refractivity contribution in [1.29, 1.82) is 0 Å². The van der Waals surface area contributed by atoms with Crippen molar-refractivity contribution in [3.8, 4) is 5.75 Å². The normalized spacial score (nSPS) is 10.1. The Morgan fingerprint density at radius 3 is 2.60 bits per heavy atom. The molecule has 0 aliphatic carbocycles. The van der Waals surface area contributed by atoms with Gasteiger partial charge in [0.1, 0.15) is 11.6 Å². The van der Waals surface area contributed by atoms with E-state index in [1.54, 1.807) is 37.4 Å². The number of nitrogens with zero attached hydrogens (tertiary/aromatic N) is 2. The molecule has 0 fully saturated rings. The first-order valence-corrected chi connectivity index (χ1v) is 6.20. The molecule has 0 aliphatic heterocycles. The van der Waals surface area contributed by atoms with Gasteiger partial charge in [-0.25, -0.2) is 4.98 Å². The van der Waals surface area contributed by atoms with Crippen LogP contribution in [-0.4, -0.2) is 29.9 Å². The summed E-state index contributed by atoms with van der Waals surface area (Å²) in [5, 5.41) is 0. The Morgan fingerprint density at radius 1 is 1.30 bits per heavy atom. The van der Waals surface area contributed by atoms with Gasteiger partial charge in [0.25, 0.3) is 5.91 Å². The predicted octanol–water partition coefficient (Wildman–Crippen LogP) is 1.94. The zero-order valence-electron chi connectivity index (χ0n) is 11.5. The summed E-state index contributed by atoms with van der Waals surface area (Å²) < 4.78 is 5.10. The van der Waals surface area contributed by atoms with Gasteiger partial charge < -0.3 is 15.4 Å². The van der Waals surface area contributed by atoms with Crippen molar-refractivity contribution in [3.63, 3.8) is 0 Å². The fourth-order valence-corrected chi connectivity index (χ4v) is 1.88. The summed E-state index contributed by atoms with van der Waals surface area (Å²) in [6.07, 6.45) is 1.57. The Hall–Kier alpha value is -2.56. The first-order valence-electron chi connectivity index (χ1n) is 6.20. The van der Waals surface area contributed by atoms with Crippen LogP contribution in [-0.2, 0) is 6.54 Å². The van der Waals surface area contributed by atoms with Crippen LogP contribution in [0.5, 0.6) is 5.75 Å². The van der Waals surface area contributed by atoms with Crippen LogP contribution >= 0.6 is 0 Å². The third kappa shape index (κ3) is 3.06. The van der Waals surface area contributed by atoms with Gasteiger partial charge >= 0.3 is 0 Å². The summed E-state index contributed by atoms with van der Waals surface area (Å²) in [4.78, 5) is 17.8. The number of carbonyl (C=O) groups excluding carboxylic acids is 1. The van der Waals surface area contributed by atoms with Crippen molar-refractivity contribution in [2.75, 3.05) is 19.9 Å². The summed E-state index contributed by atoms with van der Waals surface area (Å²) in [6.45, 7) is 0.497. The van der Waals surface area contributed by atoms with E-state index in [1.165, 1.54) is 0 Å². The number of benzene rings is 1. The summed E-state index contributed by atoms with van der Waals surface area (Å²) in [6, 6.07) is 11.0. The molecule has 0 aliphatic rings. The lowest BCUT2D eigenvalue weighted by atomic mass is 10.2. The van der Waals surface area contributed by atoms with Crippen molar-refractivity contribution in [1.82, 2.24) is 9.88 Å². The van der Waals surface area contributed by atoms with Crippen LogP contribution in [0.1, 0.15) is 15.9 Å². The quantitative estimate of drug-likeness (QED) is 0.922. The number of anilines is 1. The van der Waals surface area contributed by atoms with Crippen LogP contribution in [0.15, 0.2) is 42.6 Å². The number of rotatable bonds is 4. The molecular formula is C15H17N3O2. The number of pyridine rings is 1. The number of hydrogen-bond acceptors (Lipinski definition) is 4. The maximum Gasteiger partial charge on any atom is 0.257 e. The highest BCUT2D eigenvalue weighted by Gasteiger charge is 2.15. The molecule has 104 valence electrons. The highest BCUT2D eigenvalue weighted by Crippen LogP contribution is 2.15. The van der Waals surface area contributed by atoms with E-state index in [0.717, 1.165) is 11.3 Å². The molecule has 0 spiro atoms. The molecule has 5 nitrogen and oxygen atoms in total. The minimum absolute atomic E-state index is 0.147. The van der Waals surface area contributed by atoms with Crippen LogP contribution in [0.3, 0.4) is 0 Å². The lowest BCUT2D eigenvalue weighted by Crippen LogP contribution is -2.27. The number of nitrogen functional groups attached to an aromatic ring is 1. The average Bonchev–Trinajstić information content (AvgIpc) is 2.48. The first kappa shape index (κ1) is 13.9. The maximum absolute atomic E-state index is 12.3. The third-order valence-electron chi connectivity index (χ3n) is 2.99. The molecule has 2 aromatic rings. The Balaban J connectivity index is 2.09. The van der Waals surface area contributed by atoms with Crippen molar-refractivity contribution in [2.45, 2.75) is 6.54 Å². The summed E-state index contributed by atoms with van der Waals surface area (Å²) in [5.74, 6) is 0.893. The van der Waals surface area contributed by atoms with E-state index >= 15 is 0 Å². The fourth-order valence-electron chi connectivity index (χ4n) is 1.88. The van der Waals surface area contributed by atoms with E-state index in [2.05, 4.69) is 4.98 Å². The van der Waals surface area contributed by atoms with E-state index < -0.39 is 0 Å². The van der Waals surface area contributed by atoms with Crippen molar-refractivity contribution in [2.24, 2.45) is 0 Å². The largest absolute Gasteiger partial charge is 0.497 e. The molecule has 0 unspecified atom stereocenters. The molecule has 1 aromatic heterocycles. The minimum atomic E-state index is -0.147. The Kier molecular flexibility index (Phi) is 4.20. The van der Waals surface area contributed by atoms with Gasteiger partial charge in [-0.05, 0) is 29.8 Å². The van der Waals surface area contributed by atoms with Crippen molar-refractivity contribution < 1.29 is 9.53 Å². The Morgan fingerprint density at radius 2 is 2.00 bits per heavy atom. The van der Waals surface area contributed by atoms with E-state index in [9.17, 15) is 4.79 Å². The summed E-state index contributed by atoms with van der Waals surface area (Å²) in [7, 11) is 3.36. The SMILES string of the molecule is COc1ccc(CN(C)C(=O)c2cccnc2N)cc1. The summed E-state index contributed by atoms with van der Waals surface area (Å²) in [5.41, 5.74) is 7.15. The number of nitrogens with two attached hydrogens (primary N) is 1. The van der Waals surface area contributed by atoms with Gasteiger partial charge in [-0.15, -0.1) is 0 Å². The number of methoxy groups -OCH3 is 1. The molecule has 5 heteroatoms.